The Balaban J connectivity index is 2.01. The minimum atomic E-state index is -0.324. The number of esters is 1. The van der Waals surface area contributed by atoms with Gasteiger partial charge in [-0.05, 0) is 51.9 Å². The Morgan fingerprint density at radius 1 is 1.41 bits per heavy atom. The summed E-state index contributed by atoms with van der Waals surface area (Å²) in [6.45, 7) is 5.68. The molecule has 0 spiro atoms. The maximum Gasteiger partial charge on any atom is 0.310 e. The molecule has 0 bridgehead atoms. The van der Waals surface area contributed by atoms with E-state index in [1.807, 2.05) is 31.0 Å². The van der Waals surface area contributed by atoms with E-state index in [2.05, 4.69) is 0 Å². The average Bonchev–Trinajstić information content (AvgIpc) is 2.67. The third kappa shape index (κ3) is 5.59. The first kappa shape index (κ1) is 21.5. The van der Waals surface area contributed by atoms with Crippen molar-refractivity contribution in [3.63, 3.8) is 0 Å². The first-order valence-corrected chi connectivity index (χ1v) is 9.73. The van der Waals surface area contributed by atoms with Gasteiger partial charge in [0.2, 0.25) is 5.91 Å². The van der Waals surface area contributed by atoms with Crippen LogP contribution in [0.25, 0.3) is 0 Å². The van der Waals surface area contributed by atoms with Gasteiger partial charge in [0.05, 0.1) is 25.7 Å². The maximum atomic E-state index is 13.0. The lowest BCUT2D eigenvalue weighted by Crippen LogP contribution is -2.50. The normalized spacial score (nSPS) is 18.3. The lowest BCUT2D eigenvalue weighted by Gasteiger charge is -2.35. The van der Waals surface area contributed by atoms with Crippen molar-refractivity contribution in [2.24, 2.45) is 5.92 Å². The van der Waals surface area contributed by atoms with Crippen molar-refractivity contribution in [3.8, 4) is 5.75 Å². The summed E-state index contributed by atoms with van der Waals surface area (Å²) in [6.07, 6.45) is 1.58. The van der Waals surface area contributed by atoms with Crippen LogP contribution in [0.3, 0.4) is 0 Å². The van der Waals surface area contributed by atoms with Crippen LogP contribution in [0.2, 0.25) is 5.02 Å². The number of methoxy groups -OCH3 is 1. The molecule has 0 saturated carbocycles. The van der Waals surface area contributed by atoms with Crippen molar-refractivity contribution < 1.29 is 19.1 Å². The van der Waals surface area contributed by atoms with Crippen LogP contribution in [0.4, 0.5) is 0 Å². The number of nitrogens with zero attached hydrogens (tertiary/aromatic N) is 2. The molecule has 0 aromatic heterocycles. The quantitative estimate of drug-likeness (QED) is 0.663. The number of hydrogen-bond acceptors (Lipinski definition) is 5. The Kier molecular flexibility index (Phi) is 7.92. The largest absolute Gasteiger partial charge is 0.496 e. The summed E-state index contributed by atoms with van der Waals surface area (Å²) in [5.74, 6) is 0.326. The smallest absolute Gasteiger partial charge is 0.310 e. The molecule has 1 aliphatic rings. The fraction of sp³-hybridized carbons (Fsp3) is 0.600. The highest BCUT2D eigenvalue weighted by Gasteiger charge is 2.32. The van der Waals surface area contributed by atoms with Crippen LogP contribution in [0, 0.1) is 5.92 Å². The summed E-state index contributed by atoms with van der Waals surface area (Å²) >= 11 is 6.10. The van der Waals surface area contributed by atoms with Gasteiger partial charge in [-0.25, -0.2) is 0 Å². The average molecular weight is 397 g/mol. The Bertz CT molecular complexity index is 667. The number of rotatable bonds is 7. The van der Waals surface area contributed by atoms with E-state index in [4.69, 9.17) is 21.1 Å². The van der Waals surface area contributed by atoms with Crippen molar-refractivity contribution in [1.82, 2.24) is 9.80 Å². The van der Waals surface area contributed by atoms with Crippen molar-refractivity contribution in [3.05, 3.63) is 28.8 Å². The zero-order chi connectivity index (χ0) is 20.0. The van der Waals surface area contributed by atoms with E-state index in [-0.39, 0.29) is 23.8 Å². The third-order valence-corrected chi connectivity index (χ3v) is 5.27. The van der Waals surface area contributed by atoms with Gasteiger partial charge in [-0.2, -0.15) is 0 Å². The van der Waals surface area contributed by atoms with Gasteiger partial charge < -0.3 is 14.4 Å². The van der Waals surface area contributed by atoms with Crippen molar-refractivity contribution in [1.29, 1.82) is 0 Å². The Labute approximate surface area is 166 Å². The molecular formula is C20H29ClN2O4. The van der Waals surface area contributed by atoms with Crippen LogP contribution in [-0.4, -0.2) is 61.6 Å². The van der Waals surface area contributed by atoms with Gasteiger partial charge in [0, 0.05) is 30.2 Å². The SMILES string of the molecule is CCOC(=O)C1CCCN(C(=O)C(C)N(C)Cc2cc(Cl)ccc2OC)C1. The predicted octanol–water partition coefficient (Wildman–Crippen LogP) is 2.97. The number of halogens is 1. The number of ether oxygens (including phenoxy) is 2. The number of benzene rings is 1. The molecule has 2 atom stereocenters. The molecule has 27 heavy (non-hydrogen) atoms. The van der Waals surface area contributed by atoms with Crippen molar-refractivity contribution in [2.75, 3.05) is 33.9 Å². The van der Waals surface area contributed by atoms with Gasteiger partial charge >= 0.3 is 5.97 Å². The van der Waals surface area contributed by atoms with Gasteiger partial charge in [0.15, 0.2) is 0 Å². The molecule has 1 aromatic carbocycles. The minimum absolute atomic E-state index is 0.0208. The van der Waals surface area contributed by atoms with Gasteiger partial charge in [-0.15, -0.1) is 0 Å². The number of likely N-dealkylation sites (N-methyl/N-ethyl adjacent to an activating group) is 1. The van der Waals surface area contributed by atoms with Gasteiger partial charge in [0.25, 0.3) is 0 Å². The van der Waals surface area contributed by atoms with E-state index in [1.54, 1.807) is 25.0 Å². The molecule has 0 aliphatic carbocycles. The Morgan fingerprint density at radius 2 is 2.15 bits per heavy atom. The molecule has 7 heteroatoms. The summed E-state index contributed by atoms with van der Waals surface area (Å²) in [5.41, 5.74) is 0.926. The zero-order valence-electron chi connectivity index (χ0n) is 16.5. The first-order valence-electron chi connectivity index (χ1n) is 9.35. The highest BCUT2D eigenvalue weighted by atomic mass is 35.5. The van der Waals surface area contributed by atoms with Crippen molar-refractivity contribution in [2.45, 2.75) is 39.3 Å². The Hall–Kier alpha value is -1.79. The molecule has 150 valence electrons. The predicted molar refractivity (Wildman–Crippen MR) is 105 cm³/mol. The summed E-state index contributed by atoms with van der Waals surface area (Å²) in [4.78, 5) is 28.7. The van der Waals surface area contributed by atoms with Crippen LogP contribution >= 0.6 is 11.6 Å². The van der Waals surface area contributed by atoms with Crippen LogP contribution in [-0.2, 0) is 20.9 Å². The molecule has 0 radical (unpaired) electrons. The Morgan fingerprint density at radius 3 is 2.81 bits per heavy atom. The monoisotopic (exact) mass is 396 g/mol. The van der Waals surface area contributed by atoms with Gasteiger partial charge in [-0.1, -0.05) is 11.6 Å². The molecule has 2 unspecified atom stereocenters. The molecule has 1 amide bonds. The standard InChI is InChI=1S/C20H29ClN2O4/c1-5-27-20(25)15-7-6-10-23(13-15)19(24)14(2)22(3)12-16-11-17(21)8-9-18(16)26-4/h8-9,11,14-15H,5-7,10,12-13H2,1-4H3. The maximum absolute atomic E-state index is 13.0. The molecular weight excluding hydrogens is 368 g/mol. The molecule has 1 heterocycles. The van der Waals surface area contributed by atoms with Crippen LogP contribution in [0.15, 0.2) is 18.2 Å². The summed E-state index contributed by atoms with van der Waals surface area (Å²) < 4.78 is 10.5. The van der Waals surface area contributed by atoms with Crippen molar-refractivity contribution >= 4 is 23.5 Å². The van der Waals surface area contributed by atoms with E-state index < -0.39 is 0 Å². The lowest BCUT2D eigenvalue weighted by molar-refractivity contribution is -0.152. The van der Waals surface area contributed by atoms with E-state index in [1.165, 1.54) is 0 Å². The van der Waals surface area contributed by atoms with Crippen LogP contribution in [0.1, 0.15) is 32.3 Å². The number of hydrogen-bond donors (Lipinski definition) is 0. The second-order valence-corrected chi connectivity index (χ2v) is 7.36. The second kappa shape index (κ2) is 9.95. The molecule has 2 rings (SSSR count). The van der Waals surface area contributed by atoms with E-state index in [9.17, 15) is 9.59 Å². The van der Waals surface area contributed by atoms with Gasteiger partial charge in [-0.3, -0.25) is 14.5 Å². The lowest BCUT2D eigenvalue weighted by atomic mass is 9.97. The number of carbonyl (C=O) groups is 2. The fourth-order valence-electron chi connectivity index (χ4n) is 3.36. The topological polar surface area (TPSA) is 59.1 Å². The number of likely N-dealkylation sites (tertiary alicyclic amines) is 1. The fourth-order valence-corrected chi connectivity index (χ4v) is 3.55. The number of piperidine rings is 1. The molecule has 1 aromatic rings. The van der Waals surface area contributed by atoms with E-state index in [0.717, 1.165) is 24.2 Å². The molecule has 6 nitrogen and oxygen atoms in total. The molecule has 1 saturated heterocycles. The number of carbonyl (C=O) groups excluding carboxylic acids is 2. The highest BCUT2D eigenvalue weighted by Crippen LogP contribution is 2.25. The molecule has 0 N–H and O–H groups in total. The van der Waals surface area contributed by atoms with Crippen LogP contribution < -0.4 is 4.74 Å². The molecule has 1 aliphatic heterocycles. The summed E-state index contributed by atoms with van der Waals surface area (Å²) in [5, 5.41) is 0.631. The summed E-state index contributed by atoms with van der Waals surface area (Å²) in [7, 11) is 3.51. The second-order valence-electron chi connectivity index (χ2n) is 6.92. The third-order valence-electron chi connectivity index (χ3n) is 5.03. The summed E-state index contributed by atoms with van der Waals surface area (Å²) in [6, 6.07) is 5.13. The first-order chi connectivity index (χ1) is 12.9. The number of amides is 1. The molecule has 1 fully saturated rings. The minimum Gasteiger partial charge on any atom is -0.496 e. The highest BCUT2D eigenvalue weighted by molar-refractivity contribution is 6.30. The van der Waals surface area contributed by atoms with E-state index >= 15 is 0 Å². The van der Waals surface area contributed by atoms with Gasteiger partial charge in [0.1, 0.15) is 5.75 Å². The van der Waals surface area contributed by atoms with E-state index in [0.29, 0.717) is 31.3 Å². The van der Waals surface area contributed by atoms with Crippen LogP contribution in [0.5, 0.6) is 5.75 Å². The zero-order valence-corrected chi connectivity index (χ0v) is 17.3.